The van der Waals surface area contributed by atoms with Crippen molar-refractivity contribution >= 4 is 12.0 Å². The number of carbonyl (C=O) groups excluding carboxylic acids is 1. The zero-order valence-corrected chi connectivity index (χ0v) is 11.6. The molecule has 1 atom stereocenters. The second-order valence-electron chi connectivity index (χ2n) is 5.11. The molecule has 0 aromatic heterocycles. The van der Waals surface area contributed by atoms with E-state index in [-0.39, 0.29) is 24.7 Å². The molecule has 0 aliphatic heterocycles. The largest absolute Gasteiger partial charge is 0.480 e. The molecule has 1 aliphatic carbocycles. The fourth-order valence-electron chi connectivity index (χ4n) is 2.43. The van der Waals surface area contributed by atoms with Gasteiger partial charge in [0.05, 0.1) is 0 Å². The van der Waals surface area contributed by atoms with Gasteiger partial charge in [-0.2, -0.15) is 0 Å². The summed E-state index contributed by atoms with van der Waals surface area (Å²) in [5.74, 6) is -0.955. The number of aliphatic carboxylic acids is 1. The van der Waals surface area contributed by atoms with Gasteiger partial charge in [-0.15, -0.1) is 0 Å². The molecule has 5 heteroatoms. The van der Waals surface area contributed by atoms with Crippen LogP contribution in [0.5, 0.6) is 0 Å². The molecule has 1 N–H and O–H groups in total. The number of rotatable bonds is 5. The van der Waals surface area contributed by atoms with Crippen LogP contribution < -0.4 is 0 Å². The summed E-state index contributed by atoms with van der Waals surface area (Å²) in [6, 6.07) is 0.0777. The van der Waals surface area contributed by atoms with E-state index in [0.29, 0.717) is 0 Å². The molecule has 0 radical (unpaired) electrons. The van der Waals surface area contributed by atoms with Crippen molar-refractivity contribution in [3.8, 4) is 0 Å². The van der Waals surface area contributed by atoms with Crippen molar-refractivity contribution in [1.29, 1.82) is 0 Å². The van der Waals surface area contributed by atoms with Crippen LogP contribution in [0.2, 0.25) is 0 Å². The average molecular weight is 256 g/mol. The van der Waals surface area contributed by atoms with Crippen LogP contribution in [-0.2, 0) is 4.79 Å². The van der Waals surface area contributed by atoms with Crippen LogP contribution in [0.3, 0.4) is 0 Å². The Bertz CT molecular complexity index is 301. The van der Waals surface area contributed by atoms with Crippen molar-refractivity contribution in [3.05, 3.63) is 0 Å². The first-order valence-corrected chi connectivity index (χ1v) is 6.72. The van der Waals surface area contributed by atoms with E-state index in [0.717, 1.165) is 32.1 Å². The fourth-order valence-corrected chi connectivity index (χ4v) is 2.43. The van der Waals surface area contributed by atoms with Gasteiger partial charge in [-0.25, -0.2) is 4.79 Å². The molecule has 0 heterocycles. The Hall–Kier alpha value is -1.26. The SMILES string of the molecule is CCC(C)N(CC(=O)O)C(=O)N(C)C1CCCC1. The summed E-state index contributed by atoms with van der Waals surface area (Å²) < 4.78 is 0. The lowest BCUT2D eigenvalue weighted by atomic mass is 10.2. The van der Waals surface area contributed by atoms with Crippen molar-refractivity contribution < 1.29 is 14.7 Å². The van der Waals surface area contributed by atoms with Crippen LogP contribution in [0.25, 0.3) is 0 Å². The Labute approximate surface area is 109 Å². The van der Waals surface area contributed by atoms with E-state index in [9.17, 15) is 9.59 Å². The zero-order chi connectivity index (χ0) is 13.7. The van der Waals surface area contributed by atoms with Gasteiger partial charge in [0, 0.05) is 19.1 Å². The lowest BCUT2D eigenvalue weighted by Crippen LogP contribution is -2.50. The Kier molecular flexibility index (Phi) is 5.44. The van der Waals surface area contributed by atoms with Gasteiger partial charge in [-0.1, -0.05) is 19.8 Å². The summed E-state index contributed by atoms with van der Waals surface area (Å²) in [5, 5.41) is 8.91. The minimum atomic E-state index is -0.955. The lowest BCUT2D eigenvalue weighted by Gasteiger charge is -2.34. The maximum Gasteiger partial charge on any atom is 0.323 e. The van der Waals surface area contributed by atoms with Crippen LogP contribution in [-0.4, -0.2) is 52.6 Å². The minimum Gasteiger partial charge on any atom is -0.480 e. The molecule has 104 valence electrons. The third-order valence-corrected chi connectivity index (χ3v) is 3.85. The predicted molar refractivity (Wildman–Crippen MR) is 69.5 cm³/mol. The normalized spacial score (nSPS) is 17.5. The van der Waals surface area contributed by atoms with E-state index >= 15 is 0 Å². The molecular weight excluding hydrogens is 232 g/mol. The van der Waals surface area contributed by atoms with E-state index < -0.39 is 5.97 Å². The Morgan fingerprint density at radius 2 is 1.89 bits per heavy atom. The van der Waals surface area contributed by atoms with E-state index in [2.05, 4.69) is 0 Å². The van der Waals surface area contributed by atoms with Crippen molar-refractivity contribution in [1.82, 2.24) is 9.80 Å². The molecule has 1 fully saturated rings. The van der Waals surface area contributed by atoms with Gasteiger partial charge in [-0.05, 0) is 26.2 Å². The number of carboxylic acid groups (broad SMARTS) is 1. The van der Waals surface area contributed by atoms with Gasteiger partial charge in [0.15, 0.2) is 0 Å². The second-order valence-corrected chi connectivity index (χ2v) is 5.11. The molecular formula is C13H24N2O3. The van der Waals surface area contributed by atoms with E-state index in [1.54, 1.807) is 11.9 Å². The molecule has 5 nitrogen and oxygen atoms in total. The molecule has 0 aromatic rings. The maximum absolute atomic E-state index is 12.4. The smallest absolute Gasteiger partial charge is 0.323 e. The second kappa shape index (κ2) is 6.61. The number of carbonyl (C=O) groups is 2. The zero-order valence-electron chi connectivity index (χ0n) is 11.6. The quantitative estimate of drug-likeness (QED) is 0.820. The summed E-state index contributed by atoms with van der Waals surface area (Å²) in [5.41, 5.74) is 0. The first-order chi connectivity index (χ1) is 8.47. The summed E-state index contributed by atoms with van der Waals surface area (Å²) in [4.78, 5) is 26.4. The molecule has 0 bridgehead atoms. The monoisotopic (exact) mass is 256 g/mol. The summed E-state index contributed by atoms with van der Waals surface area (Å²) in [7, 11) is 1.79. The lowest BCUT2D eigenvalue weighted by molar-refractivity contribution is -0.138. The molecule has 0 spiro atoms. The fraction of sp³-hybridized carbons (Fsp3) is 0.846. The molecule has 0 aromatic carbocycles. The molecule has 18 heavy (non-hydrogen) atoms. The average Bonchev–Trinajstić information content (AvgIpc) is 2.86. The van der Waals surface area contributed by atoms with E-state index in [1.807, 2.05) is 13.8 Å². The Morgan fingerprint density at radius 1 is 1.33 bits per heavy atom. The highest BCUT2D eigenvalue weighted by Crippen LogP contribution is 2.23. The predicted octanol–water partition coefficient (Wildman–Crippen LogP) is 2.17. The number of urea groups is 1. The molecule has 1 unspecified atom stereocenters. The van der Waals surface area contributed by atoms with Crippen molar-refractivity contribution in [2.75, 3.05) is 13.6 Å². The number of nitrogens with zero attached hydrogens (tertiary/aromatic N) is 2. The van der Waals surface area contributed by atoms with E-state index in [4.69, 9.17) is 5.11 Å². The number of carboxylic acids is 1. The summed E-state index contributed by atoms with van der Waals surface area (Å²) in [6.45, 7) is 3.64. The van der Waals surface area contributed by atoms with Gasteiger partial charge in [0.2, 0.25) is 0 Å². The first kappa shape index (κ1) is 14.8. The van der Waals surface area contributed by atoms with Gasteiger partial charge < -0.3 is 14.9 Å². The maximum atomic E-state index is 12.4. The van der Waals surface area contributed by atoms with Crippen molar-refractivity contribution in [2.24, 2.45) is 0 Å². The number of hydrogen-bond donors (Lipinski definition) is 1. The molecule has 2 amide bonds. The van der Waals surface area contributed by atoms with Crippen molar-refractivity contribution in [2.45, 2.75) is 58.0 Å². The van der Waals surface area contributed by atoms with Crippen LogP contribution >= 0.6 is 0 Å². The van der Waals surface area contributed by atoms with Gasteiger partial charge >= 0.3 is 12.0 Å². The molecule has 1 aliphatic rings. The third-order valence-electron chi connectivity index (χ3n) is 3.85. The summed E-state index contributed by atoms with van der Waals surface area (Å²) >= 11 is 0. The third kappa shape index (κ3) is 3.62. The van der Waals surface area contributed by atoms with Gasteiger partial charge in [0.25, 0.3) is 0 Å². The van der Waals surface area contributed by atoms with Gasteiger partial charge in [-0.3, -0.25) is 4.79 Å². The first-order valence-electron chi connectivity index (χ1n) is 6.72. The molecule has 1 rings (SSSR count). The minimum absolute atomic E-state index is 0.0440. The van der Waals surface area contributed by atoms with Crippen LogP contribution in [0, 0.1) is 0 Å². The Morgan fingerprint density at radius 3 is 2.33 bits per heavy atom. The van der Waals surface area contributed by atoms with Crippen molar-refractivity contribution in [3.63, 3.8) is 0 Å². The number of hydrogen-bond acceptors (Lipinski definition) is 2. The molecule has 0 saturated heterocycles. The highest BCUT2D eigenvalue weighted by molar-refractivity contribution is 5.80. The van der Waals surface area contributed by atoms with Crippen LogP contribution in [0.15, 0.2) is 0 Å². The van der Waals surface area contributed by atoms with Crippen LogP contribution in [0.4, 0.5) is 4.79 Å². The number of amides is 2. The molecule has 1 saturated carbocycles. The summed E-state index contributed by atoms with van der Waals surface area (Å²) in [6.07, 6.45) is 5.14. The topological polar surface area (TPSA) is 60.9 Å². The Balaban J connectivity index is 2.70. The van der Waals surface area contributed by atoms with E-state index in [1.165, 1.54) is 4.90 Å². The highest BCUT2D eigenvalue weighted by atomic mass is 16.4. The van der Waals surface area contributed by atoms with Crippen LogP contribution in [0.1, 0.15) is 46.0 Å². The standard InChI is InChI=1S/C13H24N2O3/c1-4-10(2)15(9-12(16)17)13(18)14(3)11-7-5-6-8-11/h10-11H,4-9H2,1-3H3,(H,16,17). The van der Waals surface area contributed by atoms with Gasteiger partial charge in [0.1, 0.15) is 6.54 Å². The highest BCUT2D eigenvalue weighted by Gasteiger charge is 2.29.